The molecule has 2 saturated heterocycles. The predicted octanol–water partition coefficient (Wildman–Crippen LogP) is 1.64. The molecule has 1 unspecified atom stereocenters. The van der Waals surface area contributed by atoms with E-state index in [1.807, 2.05) is 17.9 Å². The number of urea groups is 1. The summed E-state index contributed by atoms with van der Waals surface area (Å²) in [6.45, 7) is 7.66. The molecule has 7 heteroatoms. The summed E-state index contributed by atoms with van der Waals surface area (Å²) in [7, 11) is 3.78. The molecule has 0 bridgehead atoms. The average molecular weight is 347 g/mol. The predicted molar refractivity (Wildman–Crippen MR) is 98.2 cm³/mol. The molecular weight excluding hydrogens is 318 g/mol. The van der Waals surface area contributed by atoms with Crippen LogP contribution in [0.4, 0.5) is 10.5 Å². The molecule has 1 N–H and O–H groups in total. The number of nitrogens with zero attached hydrogens (tertiary/aromatic N) is 4. The van der Waals surface area contributed by atoms with Gasteiger partial charge in [-0.15, -0.1) is 0 Å². The number of methoxy groups -OCH3 is 1. The minimum Gasteiger partial charge on any atom is -0.481 e. The van der Waals surface area contributed by atoms with Gasteiger partial charge < -0.3 is 19.9 Å². The number of aryl methyl sites for hydroxylation is 1. The van der Waals surface area contributed by atoms with Crippen LogP contribution < -0.4 is 10.1 Å². The van der Waals surface area contributed by atoms with Gasteiger partial charge in [0.15, 0.2) is 0 Å². The second-order valence-corrected chi connectivity index (χ2v) is 7.00. The molecule has 0 spiro atoms. The van der Waals surface area contributed by atoms with E-state index < -0.39 is 0 Å². The van der Waals surface area contributed by atoms with Crippen LogP contribution in [-0.2, 0) is 0 Å². The van der Waals surface area contributed by atoms with Crippen molar-refractivity contribution < 1.29 is 9.53 Å². The van der Waals surface area contributed by atoms with Gasteiger partial charge in [-0.3, -0.25) is 4.90 Å². The van der Waals surface area contributed by atoms with Crippen LogP contribution in [-0.4, -0.2) is 85.2 Å². The maximum Gasteiger partial charge on any atom is 0.321 e. The Hall–Kier alpha value is -1.86. The Bertz CT molecular complexity index is 601. The third-order valence-corrected chi connectivity index (χ3v) is 5.23. The first-order chi connectivity index (χ1) is 12.1. The highest BCUT2D eigenvalue weighted by molar-refractivity contribution is 5.90. The van der Waals surface area contributed by atoms with Crippen molar-refractivity contribution in [3.8, 4) is 5.88 Å². The van der Waals surface area contributed by atoms with Crippen molar-refractivity contribution in [2.24, 2.45) is 0 Å². The van der Waals surface area contributed by atoms with Gasteiger partial charge in [-0.05, 0) is 39.4 Å². The number of likely N-dealkylation sites (tertiary alicyclic amines) is 1. The second kappa shape index (κ2) is 8.01. The monoisotopic (exact) mass is 347 g/mol. The molecule has 3 rings (SSSR count). The molecule has 25 heavy (non-hydrogen) atoms. The number of amides is 2. The second-order valence-electron chi connectivity index (χ2n) is 7.00. The molecule has 1 atom stereocenters. The van der Waals surface area contributed by atoms with Crippen LogP contribution in [0.2, 0.25) is 0 Å². The zero-order valence-corrected chi connectivity index (χ0v) is 15.5. The number of hydrogen-bond acceptors (Lipinski definition) is 5. The molecule has 2 fully saturated rings. The van der Waals surface area contributed by atoms with Gasteiger partial charge in [-0.2, -0.15) is 0 Å². The SMILES string of the molecule is COc1ccc(NC(=O)N2CCN(C3CCCN(C)C3)CC2)c(C)n1. The van der Waals surface area contributed by atoms with Crippen LogP contribution in [0.1, 0.15) is 18.5 Å². The lowest BCUT2D eigenvalue weighted by Crippen LogP contribution is -2.56. The zero-order valence-electron chi connectivity index (χ0n) is 15.5. The van der Waals surface area contributed by atoms with E-state index in [2.05, 4.69) is 27.1 Å². The molecule has 1 aromatic rings. The third kappa shape index (κ3) is 4.41. The number of hydrogen-bond donors (Lipinski definition) is 1. The van der Waals surface area contributed by atoms with Crippen molar-refractivity contribution in [3.63, 3.8) is 0 Å². The van der Waals surface area contributed by atoms with E-state index in [0.717, 1.165) is 44.1 Å². The first kappa shape index (κ1) is 17.9. The summed E-state index contributed by atoms with van der Waals surface area (Å²) in [5, 5.41) is 2.97. The van der Waals surface area contributed by atoms with E-state index in [0.29, 0.717) is 11.9 Å². The lowest BCUT2D eigenvalue weighted by molar-refractivity contribution is 0.0717. The summed E-state index contributed by atoms with van der Waals surface area (Å²) < 4.78 is 5.11. The summed E-state index contributed by atoms with van der Waals surface area (Å²) in [6, 6.07) is 4.19. The van der Waals surface area contributed by atoms with E-state index in [-0.39, 0.29) is 6.03 Å². The third-order valence-electron chi connectivity index (χ3n) is 5.23. The van der Waals surface area contributed by atoms with E-state index >= 15 is 0 Å². The topological polar surface area (TPSA) is 60.9 Å². The van der Waals surface area contributed by atoms with Crippen molar-refractivity contribution >= 4 is 11.7 Å². The molecule has 2 aliphatic rings. The van der Waals surface area contributed by atoms with Gasteiger partial charge in [-0.25, -0.2) is 9.78 Å². The van der Waals surface area contributed by atoms with E-state index in [1.165, 1.54) is 19.4 Å². The van der Waals surface area contributed by atoms with E-state index in [1.54, 1.807) is 13.2 Å². The fourth-order valence-corrected chi connectivity index (χ4v) is 3.71. The molecule has 0 radical (unpaired) electrons. The molecule has 1 aromatic heterocycles. The van der Waals surface area contributed by atoms with Gasteiger partial charge in [0.05, 0.1) is 18.5 Å². The number of ether oxygens (including phenoxy) is 1. The van der Waals surface area contributed by atoms with Crippen LogP contribution in [0.5, 0.6) is 5.88 Å². The van der Waals surface area contributed by atoms with Gasteiger partial charge >= 0.3 is 6.03 Å². The van der Waals surface area contributed by atoms with Crippen LogP contribution in [0, 0.1) is 6.92 Å². The summed E-state index contributed by atoms with van der Waals surface area (Å²) in [5.74, 6) is 0.557. The molecular formula is C18H29N5O2. The molecule has 0 aromatic carbocycles. The van der Waals surface area contributed by atoms with Gasteiger partial charge in [0.25, 0.3) is 0 Å². The Morgan fingerprint density at radius 1 is 1.24 bits per heavy atom. The Morgan fingerprint density at radius 3 is 2.64 bits per heavy atom. The smallest absolute Gasteiger partial charge is 0.321 e. The highest BCUT2D eigenvalue weighted by Crippen LogP contribution is 2.19. The van der Waals surface area contributed by atoms with Crippen LogP contribution >= 0.6 is 0 Å². The van der Waals surface area contributed by atoms with Crippen LogP contribution in [0.25, 0.3) is 0 Å². The molecule has 3 heterocycles. The minimum atomic E-state index is -0.0459. The highest BCUT2D eigenvalue weighted by Gasteiger charge is 2.28. The Morgan fingerprint density at radius 2 is 2.00 bits per heavy atom. The number of rotatable bonds is 3. The van der Waals surface area contributed by atoms with Crippen molar-refractivity contribution in [1.82, 2.24) is 19.7 Å². The minimum absolute atomic E-state index is 0.0459. The van der Waals surface area contributed by atoms with Crippen molar-refractivity contribution in [2.75, 3.05) is 58.7 Å². The largest absolute Gasteiger partial charge is 0.481 e. The number of carbonyl (C=O) groups is 1. The lowest BCUT2D eigenvalue weighted by Gasteiger charge is -2.42. The molecule has 0 saturated carbocycles. The average Bonchev–Trinajstić information content (AvgIpc) is 2.63. The number of aromatic nitrogens is 1. The van der Waals surface area contributed by atoms with Crippen molar-refractivity contribution in [1.29, 1.82) is 0 Å². The van der Waals surface area contributed by atoms with Crippen LogP contribution in [0.15, 0.2) is 12.1 Å². The number of pyridine rings is 1. The summed E-state index contributed by atoms with van der Waals surface area (Å²) in [6.07, 6.45) is 2.54. The summed E-state index contributed by atoms with van der Waals surface area (Å²) in [4.78, 5) is 23.7. The normalized spacial score (nSPS) is 22.7. The molecule has 7 nitrogen and oxygen atoms in total. The summed E-state index contributed by atoms with van der Waals surface area (Å²) in [5.41, 5.74) is 1.50. The number of nitrogens with one attached hydrogen (secondary N) is 1. The fraction of sp³-hybridized carbons (Fsp3) is 0.667. The maximum atomic E-state index is 12.5. The first-order valence-electron chi connectivity index (χ1n) is 9.07. The van der Waals surface area contributed by atoms with Crippen molar-refractivity contribution in [2.45, 2.75) is 25.8 Å². The van der Waals surface area contributed by atoms with Crippen LogP contribution in [0.3, 0.4) is 0 Å². The number of piperidine rings is 1. The molecule has 2 amide bonds. The number of carbonyl (C=O) groups excluding carboxylic acids is 1. The van der Waals surface area contributed by atoms with Crippen molar-refractivity contribution in [3.05, 3.63) is 17.8 Å². The molecule has 138 valence electrons. The number of piperazine rings is 1. The molecule has 2 aliphatic heterocycles. The lowest BCUT2D eigenvalue weighted by atomic mass is 10.0. The Labute approximate surface area is 149 Å². The highest BCUT2D eigenvalue weighted by atomic mass is 16.5. The van der Waals surface area contributed by atoms with Gasteiger partial charge in [-0.1, -0.05) is 0 Å². The van der Waals surface area contributed by atoms with Gasteiger partial charge in [0, 0.05) is 44.8 Å². The van der Waals surface area contributed by atoms with E-state index in [4.69, 9.17) is 4.74 Å². The fourth-order valence-electron chi connectivity index (χ4n) is 3.71. The summed E-state index contributed by atoms with van der Waals surface area (Å²) >= 11 is 0. The zero-order chi connectivity index (χ0) is 17.8. The Balaban J connectivity index is 1.51. The number of likely N-dealkylation sites (N-methyl/N-ethyl adjacent to an activating group) is 1. The number of anilines is 1. The molecule has 0 aliphatic carbocycles. The Kier molecular flexibility index (Phi) is 5.75. The van der Waals surface area contributed by atoms with Gasteiger partial charge in [0.1, 0.15) is 0 Å². The standard InChI is InChI=1S/C18H29N5O2/c1-14-16(6-7-17(19-14)25-3)20-18(24)23-11-9-22(10-12-23)15-5-4-8-21(2)13-15/h6-7,15H,4-5,8-13H2,1-3H3,(H,20,24). The quantitative estimate of drug-likeness (QED) is 0.901. The van der Waals surface area contributed by atoms with E-state index in [9.17, 15) is 4.79 Å². The van der Waals surface area contributed by atoms with Gasteiger partial charge in [0.2, 0.25) is 5.88 Å². The first-order valence-corrected chi connectivity index (χ1v) is 9.07. The maximum absolute atomic E-state index is 12.5.